The Balaban J connectivity index is 1.58. The van der Waals surface area contributed by atoms with E-state index >= 15 is 0 Å². The first-order chi connectivity index (χ1) is 15.1. The first-order valence-corrected chi connectivity index (χ1v) is 10.5. The third kappa shape index (κ3) is 4.00. The molecule has 2 aliphatic heterocycles. The zero-order valence-corrected chi connectivity index (χ0v) is 17.5. The number of rotatable bonds is 0. The number of hydrogen-bond donors (Lipinski definition) is 1. The SMILES string of the molecule is N#Cc1ccc2cc1Oc1cc(Cl)cc(c1)CN1CCC(NCc3cncn3C2)C1=O. The Kier molecular flexibility index (Phi) is 5.10. The van der Waals surface area contributed by atoms with Crippen molar-refractivity contribution in [2.45, 2.75) is 32.1 Å². The highest BCUT2D eigenvalue weighted by atomic mass is 35.5. The number of hydrogen-bond acceptors (Lipinski definition) is 5. The van der Waals surface area contributed by atoms with Crippen LogP contribution in [0, 0.1) is 11.3 Å². The van der Waals surface area contributed by atoms with Crippen LogP contribution in [0.2, 0.25) is 5.02 Å². The molecule has 1 aromatic heterocycles. The molecule has 3 aromatic rings. The quantitative estimate of drug-likeness (QED) is 0.587. The van der Waals surface area contributed by atoms with E-state index in [2.05, 4.69) is 16.4 Å². The molecule has 5 rings (SSSR count). The maximum absolute atomic E-state index is 12.9. The molecule has 7 nitrogen and oxygen atoms in total. The van der Waals surface area contributed by atoms with E-state index in [9.17, 15) is 10.1 Å². The van der Waals surface area contributed by atoms with Crippen LogP contribution in [0.5, 0.6) is 11.5 Å². The number of imidazole rings is 1. The zero-order chi connectivity index (χ0) is 21.4. The van der Waals surface area contributed by atoms with E-state index in [0.29, 0.717) is 48.3 Å². The van der Waals surface area contributed by atoms with Gasteiger partial charge in [0.2, 0.25) is 5.91 Å². The topological polar surface area (TPSA) is 83.2 Å². The predicted octanol–water partition coefficient (Wildman–Crippen LogP) is 3.45. The molecule has 3 heterocycles. The zero-order valence-electron chi connectivity index (χ0n) is 16.7. The van der Waals surface area contributed by atoms with Crippen LogP contribution < -0.4 is 10.1 Å². The number of benzene rings is 2. The molecule has 1 N–H and O–H groups in total. The third-order valence-electron chi connectivity index (χ3n) is 5.68. The summed E-state index contributed by atoms with van der Waals surface area (Å²) in [5, 5.41) is 13.4. The maximum Gasteiger partial charge on any atom is 0.240 e. The summed E-state index contributed by atoms with van der Waals surface area (Å²) in [6, 6.07) is 12.9. The fourth-order valence-electron chi connectivity index (χ4n) is 4.11. The number of carbonyl (C=O) groups is 1. The van der Waals surface area contributed by atoms with Crippen molar-refractivity contribution >= 4 is 17.5 Å². The van der Waals surface area contributed by atoms with Gasteiger partial charge >= 0.3 is 0 Å². The van der Waals surface area contributed by atoms with Crippen molar-refractivity contribution in [1.29, 1.82) is 5.26 Å². The minimum absolute atomic E-state index is 0.0811. The van der Waals surface area contributed by atoms with Gasteiger partial charge in [-0.3, -0.25) is 4.79 Å². The van der Waals surface area contributed by atoms with Gasteiger partial charge in [-0.05, 0) is 47.9 Å². The van der Waals surface area contributed by atoms with Crippen molar-refractivity contribution in [3.63, 3.8) is 0 Å². The Hall–Kier alpha value is -3.34. The van der Waals surface area contributed by atoms with Crippen LogP contribution in [0.3, 0.4) is 0 Å². The molecule has 0 aliphatic carbocycles. The van der Waals surface area contributed by atoms with Crippen LogP contribution in [-0.4, -0.2) is 32.9 Å². The van der Waals surface area contributed by atoms with Gasteiger partial charge in [0.15, 0.2) is 0 Å². The van der Waals surface area contributed by atoms with Crippen molar-refractivity contribution in [2.75, 3.05) is 6.54 Å². The van der Waals surface area contributed by atoms with Crippen molar-refractivity contribution < 1.29 is 9.53 Å². The summed E-state index contributed by atoms with van der Waals surface area (Å²) in [5.41, 5.74) is 3.29. The normalized spacial score (nSPS) is 18.3. The summed E-state index contributed by atoms with van der Waals surface area (Å²) in [4.78, 5) is 19.0. The highest BCUT2D eigenvalue weighted by Crippen LogP contribution is 2.31. The maximum atomic E-state index is 12.9. The van der Waals surface area contributed by atoms with Crippen LogP contribution in [0.15, 0.2) is 48.9 Å². The third-order valence-corrected chi connectivity index (χ3v) is 5.90. The second kappa shape index (κ2) is 8.06. The van der Waals surface area contributed by atoms with E-state index in [1.807, 2.05) is 33.7 Å². The summed E-state index contributed by atoms with van der Waals surface area (Å²) in [5.74, 6) is 1.09. The molecule has 2 aromatic carbocycles. The number of ether oxygens (including phenoxy) is 1. The van der Waals surface area contributed by atoms with Crippen molar-refractivity contribution in [1.82, 2.24) is 19.8 Å². The molecule has 0 saturated carbocycles. The number of aromatic nitrogens is 2. The van der Waals surface area contributed by atoms with Crippen molar-refractivity contribution in [3.05, 3.63) is 76.3 Å². The monoisotopic (exact) mass is 433 g/mol. The number of halogens is 1. The number of nitrogens with zero attached hydrogens (tertiary/aromatic N) is 4. The summed E-state index contributed by atoms with van der Waals surface area (Å²) >= 11 is 6.33. The number of nitriles is 1. The summed E-state index contributed by atoms with van der Waals surface area (Å²) in [6.07, 6.45) is 4.33. The molecule has 2 aliphatic rings. The molecule has 0 spiro atoms. The highest BCUT2D eigenvalue weighted by molar-refractivity contribution is 6.30. The molecule has 8 heteroatoms. The molecule has 1 unspecified atom stereocenters. The molecule has 6 bridgehead atoms. The Morgan fingerprint density at radius 3 is 2.97 bits per heavy atom. The average Bonchev–Trinajstić information content (AvgIpc) is 3.32. The lowest BCUT2D eigenvalue weighted by molar-refractivity contribution is -0.129. The van der Waals surface area contributed by atoms with E-state index in [1.165, 1.54) is 0 Å². The fourth-order valence-corrected chi connectivity index (χ4v) is 4.36. The smallest absolute Gasteiger partial charge is 0.240 e. The number of fused-ring (bicyclic) bond motifs is 7. The number of amides is 1. The lowest BCUT2D eigenvalue weighted by Crippen LogP contribution is -2.38. The standard InChI is InChI=1S/C23H20ClN5O2/c24-18-5-16-6-20(8-18)31-22-7-15(1-2-17(22)9-25)12-29-14-26-10-19(29)11-27-21-3-4-28(13-16)23(21)30/h1-2,5-8,10,14,21,27H,3-4,11-13H2. The molecular formula is C23H20ClN5O2. The first kappa shape index (κ1) is 19.6. The minimum Gasteiger partial charge on any atom is -0.456 e. The van der Waals surface area contributed by atoms with Gasteiger partial charge in [0.1, 0.15) is 17.6 Å². The van der Waals surface area contributed by atoms with Crippen molar-refractivity contribution in [2.24, 2.45) is 0 Å². The Labute approximate surface area is 184 Å². The highest BCUT2D eigenvalue weighted by Gasteiger charge is 2.31. The van der Waals surface area contributed by atoms with E-state index in [1.54, 1.807) is 24.7 Å². The van der Waals surface area contributed by atoms with Crippen LogP contribution in [0.1, 0.15) is 28.8 Å². The molecular weight excluding hydrogens is 414 g/mol. The summed E-state index contributed by atoms with van der Waals surface area (Å²) < 4.78 is 8.12. The molecule has 1 fully saturated rings. The Morgan fingerprint density at radius 1 is 1.19 bits per heavy atom. The van der Waals surface area contributed by atoms with Gasteiger partial charge in [-0.15, -0.1) is 0 Å². The molecule has 31 heavy (non-hydrogen) atoms. The second-order valence-electron chi connectivity index (χ2n) is 7.83. The van der Waals surface area contributed by atoms with Gasteiger partial charge < -0.3 is 19.5 Å². The lowest BCUT2D eigenvalue weighted by atomic mass is 10.1. The van der Waals surface area contributed by atoms with E-state index in [-0.39, 0.29) is 11.9 Å². The van der Waals surface area contributed by atoms with E-state index in [0.717, 1.165) is 23.2 Å². The molecule has 1 amide bonds. The van der Waals surface area contributed by atoms with Gasteiger partial charge in [-0.2, -0.15) is 5.26 Å². The van der Waals surface area contributed by atoms with E-state index < -0.39 is 0 Å². The summed E-state index contributed by atoms with van der Waals surface area (Å²) in [6.45, 7) is 2.25. The number of nitrogens with one attached hydrogen (secondary N) is 1. The molecule has 0 radical (unpaired) electrons. The lowest BCUT2D eigenvalue weighted by Gasteiger charge is -2.19. The Bertz CT molecular complexity index is 1200. The fraction of sp³-hybridized carbons (Fsp3) is 0.261. The minimum atomic E-state index is -0.215. The second-order valence-corrected chi connectivity index (χ2v) is 8.27. The van der Waals surface area contributed by atoms with Gasteiger partial charge in [0.25, 0.3) is 0 Å². The largest absolute Gasteiger partial charge is 0.456 e. The molecule has 1 saturated heterocycles. The Morgan fingerprint density at radius 2 is 2.10 bits per heavy atom. The number of carbonyl (C=O) groups excluding carboxylic acids is 1. The van der Waals surface area contributed by atoms with Gasteiger partial charge in [-0.1, -0.05) is 17.7 Å². The predicted molar refractivity (Wildman–Crippen MR) is 115 cm³/mol. The first-order valence-electron chi connectivity index (χ1n) is 10.1. The van der Waals surface area contributed by atoms with Crippen LogP contribution in [0.25, 0.3) is 0 Å². The molecule has 156 valence electrons. The van der Waals surface area contributed by atoms with Crippen LogP contribution in [-0.2, 0) is 24.4 Å². The van der Waals surface area contributed by atoms with Crippen molar-refractivity contribution in [3.8, 4) is 17.6 Å². The van der Waals surface area contributed by atoms with Gasteiger partial charge in [-0.25, -0.2) is 4.98 Å². The molecule has 1 atom stereocenters. The van der Waals surface area contributed by atoms with Crippen LogP contribution in [0.4, 0.5) is 0 Å². The average molecular weight is 434 g/mol. The van der Waals surface area contributed by atoms with E-state index in [4.69, 9.17) is 16.3 Å². The van der Waals surface area contributed by atoms with Crippen LogP contribution >= 0.6 is 11.6 Å². The summed E-state index contributed by atoms with van der Waals surface area (Å²) in [7, 11) is 0. The van der Waals surface area contributed by atoms with Gasteiger partial charge in [0.05, 0.1) is 23.6 Å². The van der Waals surface area contributed by atoms with Gasteiger partial charge in [0, 0.05) is 37.4 Å².